The predicted molar refractivity (Wildman–Crippen MR) is 80.4 cm³/mol. The van der Waals surface area contributed by atoms with Crippen LogP contribution in [0.25, 0.3) is 0 Å². The van der Waals surface area contributed by atoms with Gasteiger partial charge in [-0.05, 0) is 18.6 Å². The van der Waals surface area contributed by atoms with Gasteiger partial charge in [-0.15, -0.1) is 0 Å². The molecule has 1 N–H and O–H groups in total. The smallest absolute Gasteiger partial charge is 0.157 e. The molecule has 2 rings (SSSR count). The van der Waals surface area contributed by atoms with Gasteiger partial charge in [0.15, 0.2) is 5.17 Å². The number of hydrogen-bond donors (Lipinski definition) is 1. The van der Waals surface area contributed by atoms with Crippen LogP contribution in [-0.4, -0.2) is 21.8 Å². The average Bonchev–Trinajstić information content (AvgIpc) is 2.69. The molecule has 2 unspecified atom stereocenters. The Morgan fingerprint density at radius 1 is 1.47 bits per heavy atom. The lowest BCUT2D eigenvalue weighted by molar-refractivity contribution is 0.684. The molecule has 1 heterocycles. The molecule has 92 valence electrons. The lowest BCUT2D eigenvalue weighted by atomic mass is 10.2. The molecule has 1 aromatic rings. The van der Waals surface area contributed by atoms with E-state index < -0.39 is 0 Å². The normalized spacial score (nSPS) is 26.2. The van der Waals surface area contributed by atoms with E-state index in [9.17, 15) is 0 Å². The molecule has 1 aliphatic rings. The molecule has 0 aromatic heterocycles. The Balaban J connectivity index is 2.01. The Hall–Kier alpha value is -0.190. The van der Waals surface area contributed by atoms with Gasteiger partial charge in [-0.2, -0.15) is 0 Å². The van der Waals surface area contributed by atoms with Gasteiger partial charge in [-0.25, -0.2) is 0 Å². The molecule has 0 saturated carbocycles. The van der Waals surface area contributed by atoms with Crippen LogP contribution in [-0.2, 0) is 6.54 Å². The van der Waals surface area contributed by atoms with Crippen LogP contribution in [0.15, 0.2) is 29.3 Å². The van der Waals surface area contributed by atoms with Crippen molar-refractivity contribution in [1.29, 1.82) is 0 Å². The van der Waals surface area contributed by atoms with Gasteiger partial charge in [0.1, 0.15) is 0 Å². The van der Waals surface area contributed by atoms with Gasteiger partial charge < -0.3 is 5.32 Å². The number of aliphatic imine (C=N–C) groups is 1. The first-order valence-electron chi connectivity index (χ1n) is 5.47. The summed E-state index contributed by atoms with van der Waals surface area (Å²) >= 11 is 11.4. The topological polar surface area (TPSA) is 24.4 Å². The maximum Gasteiger partial charge on any atom is 0.157 e. The molecule has 2 atom stereocenters. The molecule has 1 aromatic carbocycles. The predicted octanol–water partition coefficient (Wildman–Crippen LogP) is 3.68. The van der Waals surface area contributed by atoms with E-state index in [-0.39, 0.29) is 0 Å². The first kappa shape index (κ1) is 13.2. The van der Waals surface area contributed by atoms with E-state index in [1.807, 2.05) is 24.3 Å². The summed E-state index contributed by atoms with van der Waals surface area (Å²) in [5.41, 5.74) is 1.07. The number of hydrogen-bond acceptors (Lipinski definition) is 2. The molecule has 0 spiro atoms. The summed E-state index contributed by atoms with van der Waals surface area (Å²) in [6.07, 6.45) is 0. The highest BCUT2D eigenvalue weighted by Gasteiger charge is 2.27. The second-order valence-corrected chi connectivity index (χ2v) is 6.24. The molecule has 0 radical (unpaired) electrons. The van der Waals surface area contributed by atoms with Gasteiger partial charge in [0.2, 0.25) is 0 Å². The zero-order chi connectivity index (χ0) is 12.3. The van der Waals surface area contributed by atoms with Crippen molar-refractivity contribution in [3.05, 3.63) is 34.9 Å². The van der Waals surface area contributed by atoms with Crippen LogP contribution in [0.1, 0.15) is 12.5 Å². The van der Waals surface area contributed by atoms with Crippen molar-refractivity contribution in [2.45, 2.75) is 24.8 Å². The van der Waals surface area contributed by atoms with Crippen molar-refractivity contribution < 1.29 is 0 Å². The van der Waals surface area contributed by atoms with Gasteiger partial charge in [-0.3, -0.25) is 4.99 Å². The summed E-state index contributed by atoms with van der Waals surface area (Å²) in [5.74, 6) is 0. The summed E-state index contributed by atoms with van der Waals surface area (Å²) in [6, 6.07) is 8.29. The van der Waals surface area contributed by atoms with E-state index in [1.165, 1.54) is 0 Å². The highest BCUT2D eigenvalue weighted by molar-refractivity contribution is 9.09. The van der Waals surface area contributed by atoms with Crippen molar-refractivity contribution in [2.75, 3.05) is 5.33 Å². The number of halogens is 2. The number of nitrogens with one attached hydrogen (secondary N) is 1. The lowest BCUT2D eigenvalue weighted by Gasteiger charge is -2.07. The zero-order valence-electron chi connectivity index (χ0n) is 9.49. The minimum Gasteiger partial charge on any atom is -0.361 e. The number of benzene rings is 1. The fourth-order valence-electron chi connectivity index (χ4n) is 1.60. The second-order valence-electron chi connectivity index (χ2n) is 3.96. The molecular weight excluding hydrogens is 320 g/mol. The monoisotopic (exact) mass is 332 g/mol. The van der Waals surface area contributed by atoms with E-state index in [2.05, 4.69) is 33.2 Å². The Morgan fingerprint density at radius 2 is 2.24 bits per heavy atom. The van der Waals surface area contributed by atoms with Crippen molar-refractivity contribution in [2.24, 2.45) is 4.99 Å². The average molecular weight is 334 g/mol. The Morgan fingerprint density at radius 3 is 2.88 bits per heavy atom. The molecule has 0 amide bonds. The highest BCUT2D eigenvalue weighted by Crippen LogP contribution is 2.25. The third-order valence-corrected chi connectivity index (χ3v) is 5.52. The lowest BCUT2D eigenvalue weighted by Crippen LogP contribution is -2.28. The molecule has 0 aliphatic carbocycles. The van der Waals surface area contributed by atoms with Crippen LogP contribution in [0, 0.1) is 0 Å². The first-order chi connectivity index (χ1) is 8.20. The van der Waals surface area contributed by atoms with Crippen LogP contribution in [0.5, 0.6) is 0 Å². The summed E-state index contributed by atoms with van der Waals surface area (Å²) < 4.78 is 0. The van der Waals surface area contributed by atoms with Gasteiger partial charge in [0.05, 0.1) is 6.54 Å². The van der Waals surface area contributed by atoms with Gasteiger partial charge >= 0.3 is 0 Å². The quantitative estimate of drug-likeness (QED) is 0.853. The van der Waals surface area contributed by atoms with E-state index in [1.54, 1.807) is 11.8 Å². The Kier molecular flexibility index (Phi) is 4.77. The molecule has 5 heteroatoms. The minimum atomic E-state index is 0.462. The van der Waals surface area contributed by atoms with Crippen LogP contribution in [0.4, 0.5) is 0 Å². The van der Waals surface area contributed by atoms with Crippen molar-refractivity contribution in [3.63, 3.8) is 0 Å². The number of rotatable bonds is 3. The molecule has 0 bridgehead atoms. The summed E-state index contributed by atoms with van der Waals surface area (Å²) in [5, 5.41) is 6.72. The van der Waals surface area contributed by atoms with Crippen LogP contribution in [0.2, 0.25) is 5.02 Å². The standard InChI is InChI=1S/C12H14BrClN2S/c1-8-11(6-13)17-12(16-8)15-7-9-4-2-3-5-10(9)14/h2-5,8,11H,6-7H2,1H3,(H,15,16). The second kappa shape index (κ2) is 6.12. The maximum atomic E-state index is 6.09. The Bertz CT molecular complexity index is 425. The third kappa shape index (κ3) is 3.39. The van der Waals surface area contributed by atoms with Crippen LogP contribution < -0.4 is 5.32 Å². The number of alkyl halides is 1. The van der Waals surface area contributed by atoms with E-state index in [4.69, 9.17) is 11.6 Å². The van der Waals surface area contributed by atoms with E-state index >= 15 is 0 Å². The fourth-order valence-corrected chi connectivity index (χ4v) is 3.77. The molecular formula is C12H14BrClN2S. The van der Waals surface area contributed by atoms with Crippen molar-refractivity contribution in [1.82, 2.24) is 5.32 Å². The van der Waals surface area contributed by atoms with Crippen molar-refractivity contribution in [3.8, 4) is 0 Å². The van der Waals surface area contributed by atoms with Gasteiger partial charge in [0, 0.05) is 21.6 Å². The summed E-state index contributed by atoms with van der Waals surface area (Å²) in [6.45, 7) is 2.81. The summed E-state index contributed by atoms with van der Waals surface area (Å²) in [7, 11) is 0. The fraction of sp³-hybridized carbons (Fsp3) is 0.417. The maximum absolute atomic E-state index is 6.09. The molecule has 2 nitrogen and oxygen atoms in total. The number of amidine groups is 1. The molecule has 1 aliphatic heterocycles. The Labute approximate surface area is 119 Å². The van der Waals surface area contributed by atoms with E-state index in [0.29, 0.717) is 17.8 Å². The third-order valence-electron chi connectivity index (χ3n) is 2.67. The van der Waals surface area contributed by atoms with Crippen molar-refractivity contribution >= 4 is 44.5 Å². The molecule has 17 heavy (non-hydrogen) atoms. The van der Waals surface area contributed by atoms with Crippen LogP contribution in [0.3, 0.4) is 0 Å². The summed E-state index contributed by atoms with van der Waals surface area (Å²) in [4.78, 5) is 4.57. The minimum absolute atomic E-state index is 0.462. The van der Waals surface area contributed by atoms with Gasteiger partial charge in [-0.1, -0.05) is 57.5 Å². The zero-order valence-corrected chi connectivity index (χ0v) is 12.6. The first-order valence-corrected chi connectivity index (χ1v) is 7.85. The highest BCUT2D eigenvalue weighted by atomic mass is 79.9. The van der Waals surface area contributed by atoms with Crippen LogP contribution >= 0.6 is 39.3 Å². The molecule has 1 fully saturated rings. The number of thioether (sulfide) groups is 1. The molecule has 1 saturated heterocycles. The number of nitrogens with zero attached hydrogens (tertiary/aromatic N) is 1. The largest absolute Gasteiger partial charge is 0.361 e. The van der Waals surface area contributed by atoms with E-state index in [0.717, 1.165) is 21.1 Å². The van der Waals surface area contributed by atoms with Gasteiger partial charge in [0.25, 0.3) is 0 Å². The SMILES string of the molecule is CC1NC(=NCc2ccccc2Cl)SC1CBr.